The number of anilines is 1. The van der Waals surface area contributed by atoms with Crippen LogP contribution < -0.4 is 5.32 Å². The van der Waals surface area contributed by atoms with Crippen molar-refractivity contribution in [2.75, 3.05) is 17.7 Å². The van der Waals surface area contributed by atoms with E-state index in [4.69, 9.17) is 14.2 Å². The zero-order valence-corrected chi connectivity index (χ0v) is 20.2. The molecule has 3 aromatic carbocycles. The fraction of sp³-hybridized carbons (Fsp3) is 0.250. The van der Waals surface area contributed by atoms with E-state index < -0.39 is 12.4 Å². The maximum absolute atomic E-state index is 11.8. The van der Waals surface area contributed by atoms with Crippen molar-refractivity contribution in [3.05, 3.63) is 108 Å². The second-order valence-electron chi connectivity index (χ2n) is 8.11. The Morgan fingerprint density at radius 1 is 1.03 bits per heavy atom. The summed E-state index contributed by atoms with van der Waals surface area (Å²) in [6.45, 7) is 3.69. The van der Waals surface area contributed by atoms with E-state index in [9.17, 15) is 9.90 Å². The number of ether oxygens (including phenoxy) is 3. The minimum Gasteiger partial charge on any atom is -0.445 e. The molecule has 0 radical (unpaired) electrons. The van der Waals surface area contributed by atoms with Gasteiger partial charge in [-0.05, 0) is 35.4 Å². The molecule has 1 amide bonds. The number of hydrogen-bond acceptors (Lipinski definition) is 6. The third-order valence-electron chi connectivity index (χ3n) is 5.56. The first-order valence-corrected chi connectivity index (χ1v) is 12.5. The first kappa shape index (κ1) is 25.0. The third-order valence-corrected chi connectivity index (χ3v) is 6.70. The Hall–Kier alpha value is -3.10. The maximum atomic E-state index is 11.8. The van der Waals surface area contributed by atoms with E-state index in [1.54, 1.807) is 23.9 Å². The summed E-state index contributed by atoms with van der Waals surface area (Å²) < 4.78 is 17.7. The van der Waals surface area contributed by atoms with Crippen LogP contribution in [-0.2, 0) is 20.8 Å². The molecule has 1 aliphatic rings. The van der Waals surface area contributed by atoms with Crippen LogP contribution in [0.5, 0.6) is 0 Å². The molecule has 0 bridgehead atoms. The molecule has 1 aliphatic heterocycles. The number of rotatable bonds is 9. The van der Waals surface area contributed by atoms with E-state index in [2.05, 4.69) is 24.0 Å². The van der Waals surface area contributed by atoms with Crippen molar-refractivity contribution >= 4 is 23.5 Å². The lowest BCUT2D eigenvalue weighted by atomic mass is 10.0. The molecule has 182 valence electrons. The van der Waals surface area contributed by atoms with E-state index in [1.807, 2.05) is 54.6 Å². The summed E-state index contributed by atoms with van der Waals surface area (Å²) in [4.78, 5) is 13.0. The number of aliphatic hydroxyl groups is 1. The van der Waals surface area contributed by atoms with Gasteiger partial charge in [-0.1, -0.05) is 67.3 Å². The second-order valence-corrected chi connectivity index (χ2v) is 9.20. The molecule has 1 heterocycles. The largest absolute Gasteiger partial charge is 0.445 e. The SMILES string of the molecule is C=CCOC(=O)Nc1ccc([C@H]2O[C@@H](CSc3ccccc3)C[C@@H](c3ccc(CO)cc3)O2)cc1. The predicted octanol–water partition coefficient (Wildman–Crippen LogP) is 6.25. The van der Waals surface area contributed by atoms with Crippen molar-refractivity contribution < 1.29 is 24.1 Å². The van der Waals surface area contributed by atoms with Gasteiger partial charge in [-0.15, -0.1) is 11.8 Å². The van der Waals surface area contributed by atoms with E-state index in [1.165, 1.54) is 11.0 Å². The first-order chi connectivity index (χ1) is 17.1. The number of benzene rings is 3. The van der Waals surface area contributed by atoms with Crippen LogP contribution in [0, 0.1) is 0 Å². The van der Waals surface area contributed by atoms with E-state index in [0.717, 1.165) is 28.9 Å². The summed E-state index contributed by atoms with van der Waals surface area (Å²) in [5.41, 5.74) is 3.39. The molecule has 0 unspecified atom stereocenters. The molecule has 7 heteroatoms. The molecule has 3 aromatic rings. The lowest BCUT2D eigenvalue weighted by Gasteiger charge is -2.36. The molecule has 0 aliphatic carbocycles. The van der Waals surface area contributed by atoms with Gasteiger partial charge < -0.3 is 19.3 Å². The second kappa shape index (κ2) is 12.6. The van der Waals surface area contributed by atoms with Gasteiger partial charge in [0.05, 0.1) is 18.8 Å². The van der Waals surface area contributed by atoms with Crippen LogP contribution >= 0.6 is 11.8 Å². The number of aliphatic hydroxyl groups excluding tert-OH is 1. The predicted molar refractivity (Wildman–Crippen MR) is 137 cm³/mol. The standard InChI is InChI=1S/C28H29NO5S/c1-2-16-32-28(31)29-23-14-12-22(13-15-23)27-33-24(19-35-25-6-4-3-5-7-25)17-26(34-27)21-10-8-20(18-30)9-11-21/h2-15,24,26-27,30H,1,16-19H2,(H,29,31)/t24-,26+,27+/m1/s1. The number of thioether (sulfide) groups is 1. The highest BCUT2D eigenvalue weighted by atomic mass is 32.2. The van der Waals surface area contributed by atoms with Crippen LogP contribution in [0.25, 0.3) is 0 Å². The van der Waals surface area contributed by atoms with Crippen LogP contribution in [0.3, 0.4) is 0 Å². The minimum absolute atomic E-state index is 0.00932. The van der Waals surface area contributed by atoms with Crippen LogP contribution in [-0.4, -0.2) is 29.7 Å². The number of carbonyl (C=O) groups is 1. The molecule has 1 fully saturated rings. The fourth-order valence-electron chi connectivity index (χ4n) is 3.74. The topological polar surface area (TPSA) is 77.0 Å². The Morgan fingerprint density at radius 2 is 1.74 bits per heavy atom. The highest BCUT2D eigenvalue weighted by Crippen LogP contribution is 2.39. The number of nitrogens with one attached hydrogen (secondary N) is 1. The third kappa shape index (κ3) is 7.19. The molecule has 3 atom stereocenters. The molecule has 0 saturated carbocycles. The Kier molecular flexibility index (Phi) is 8.97. The summed E-state index contributed by atoms with van der Waals surface area (Å²) in [5.74, 6) is 0.796. The van der Waals surface area contributed by atoms with Gasteiger partial charge in [0.25, 0.3) is 0 Å². The van der Waals surface area contributed by atoms with Crippen molar-refractivity contribution in [1.82, 2.24) is 0 Å². The van der Waals surface area contributed by atoms with Crippen molar-refractivity contribution in [1.29, 1.82) is 0 Å². The van der Waals surface area contributed by atoms with Crippen LogP contribution in [0.4, 0.5) is 10.5 Å². The number of amides is 1. The Labute approximate surface area is 209 Å². The number of carbonyl (C=O) groups excluding carboxylic acids is 1. The normalized spacial score (nSPS) is 19.6. The minimum atomic E-state index is -0.547. The summed E-state index contributed by atoms with van der Waals surface area (Å²) in [7, 11) is 0. The Balaban J connectivity index is 1.47. The average molecular weight is 492 g/mol. The van der Waals surface area contributed by atoms with Crippen molar-refractivity contribution in [2.24, 2.45) is 0 Å². The zero-order chi connectivity index (χ0) is 24.5. The molecule has 4 rings (SSSR count). The van der Waals surface area contributed by atoms with Crippen molar-refractivity contribution in [3.63, 3.8) is 0 Å². The van der Waals surface area contributed by atoms with Crippen molar-refractivity contribution in [3.8, 4) is 0 Å². The molecular weight excluding hydrogens is 462 g/mol. The van der Waals surface area contributed by atoms with Gasteiger partial charge in [-0.25, -0.2) is 4.79 Å². The van der Waals surface area contributed by atoms with Gasteiger partial charge in [0.1, 0.15) is 6.61 Å². The molecule has 35 heavy (non-hydrogen) atoms. The van der Waals surface area contributed by atoms with Crippen LogP contribution in [0.2, 0.25) is 0 Å². The maximum Gasteiger partial charge on any atom is 0.411 e. The molecule has 0 spiro atoms. The smallest absolute Gasteiger partial charge is 0.411 e. The monoisotopic (exact) mass is 491 g/mol. The summed E-state index contributed by atoms with van der Waals surface area (Å²) in [6, 6.07) is 25.5. The van der Waals surface area contributed by atoms with E-state index >= 15 is 0 Å². The highest BCUT2D eigenvalue weighted by molar-refractivity contribution is 7.99. The van der Waals surface area contributed by atoms with Gasteiger partial charge in [0.2, 0.25) is 0 Å². The molecule has 0 aromatic heterocycles. The number of hydrogen-bond donors (Lipinski definition) is 2. The highest BCUT2D eigenvalue weighted by Gasteiger charge is 2.32. The van der Waals surface area contributed by atoms with E-state index in [-0.39, 0.29) is 25.4 Å². The molecule has 6 nitrogen and oxygen atoms in total. The van der Waals surface area contributed by atoms with Crippen LogP contribution in [0.15, 0.2) is 96.4 Å². The van der Waals surface area contributed by atoms with Gasteiger partial charge in [-0.2, -0.15) is 0 Å². The van der Waals surface area contributed by atoms with Crippen molar-refractivity contribution in [2.45, 2.75) is 36.4 Å². The lowest BCUT2D eigenvalue weighted by Crippen LogP contribution is -2.31. The van der Waals surface area contributed by atoms with Gasteiger partial charge >= 0.3 is 6.09 Å². The van der Waals surface area contributed by atoms with Crippen LogP contribution in [0.1, 0.15) is 35.5 Å². The first-order valence-electron chi connectivity index (χ1n) is 11.5. The molecule has 2 N–H and O–H groups in total. The Morgan fingerprint density at radius 3 is 2.43 bits per heavy atom. The summed E-state index contributed by atoms with van der Waals surface area (Å²) in [5, 5.41) is 12.1. The summed E-state index contributed by atoms with van der Waals surface area (Å²) in [6.07, 6.45) is 0.994. The van der Waals surface area contributed by atoms with Gasteiger partial charge in [0, 0.05) is 28.3 Å². The Bertz CT molecular complexity index is 1090. The lowest BCUT2D eigenvalue weighted by molar-refractivity contribution is -0.245. The van der Waals surface area contributed by atoms with E-state index in [0.29, 0.717) is 5.69 Å². The molecular formula is C28H29NO5S. The average Bonchev–Trinajstić information content (AvgIpc) is 2.91. The summed E-state index contributed by atoms with van der Waals surface area (Å²) >= 11 is 1.76. The fourth-order valence-corrected chi connectivity index (χ4v) is 4.68. The molecule has 1 saturated heterocycles. The quantitative estimate of drug-likeness (QED) is 0.272. The van der Waals surface area contributed by atoms with Gasteiger partial charge in [0.15, 0.2) is 6.29 Å². The zero-order valence-electron chi connectivity index (χ0n) is 19.3. The van der Waals surface area contributed by atoms with Gasteiger partial charge in [-0.3, -0.25) is 5.32 Å².